The van der Waals surface area contributed by atoms with Gasteiger partial charge in [0.2, 0.25) is 5.89 Å². The number of hydrogen-bond donors (Lipinski definition) is 1. The first-order chi connectivity index (χ1) is 12.8. The highest BCUT2D eigenvalue weighted by atomic mass is 16.5. The second-order valence-electron chi connectivity index (χ2n) is 6.48. The maximum Gasteiger partial charge on any atom is 0.271 e. The molecule has 3 aromatic rings. The van der Waals surface area contributed by atoms with Gasteiger partial charge in [-0.2, -0.15) is 0 Å². The SMILES string of the molecule is COc1ccc(N2CC[NH+](Cc3nnc(-c4ccccc4)o3)CC2)cc1. The first-order valence-corrected chi connectivity index (χ1v) is 8.92. The van der Waals surface area contributed by atoms with E-state index in [9.17, 15) is 0 Å². The summed E-state index contributed by atoms with van der Waals surface area (Å²) in [7, 11) is 1.69. The van der Waals surface area contributed by atoms with Crippen LogP contribution in [0.1, 0.15) is 5.89 Å². The van der Waals surface area contributed by atoms with Gasteiger partial charge in [0.25, 0.3) is 5.89 Å². The number of benzene rings is 2. The molecule has 0 bridgehead atoms. The fourth-order valence-electron chi connectivity index (χ4n) is 3.29. The number of rotatable bonds is 5. The lowest BCUT2D eigenvalue weighted by Crippen LogP contribution is -3.13. The third-order valence-corrected chi connectivity index (χ3v) is 4.80. The van der Waals surface area contributed by atoms with Crippen LogP contribution in [-0.4, -0.2) is 43.5 Å². The topological polar surface area (TPSA) is 55.8 Å². The molecule has 6 nitrogen and oxygen atoms in total. The molecule has 2 aromatic carbocycles. The number of nitrogens with one attached hydrogen (secondary N) is 1. The molecule has 1 fully saturated rings. The number of hydrogen-bond acceptors (Lipinski definition) is 5. The number of methoxy groups -OCH3 is 1. The maximum absolute atomic E-state index is 5.84. The Bertz CT molecular complexity index is 825. The van der Waals surface area contributed by atoms with Crippen LogP contribution in [0, 0.1) is 0 Å². The van der Waals surface area contributed by atoms with E-state index in [-0.39, 0.29) is 0 Å². The third-order valence-electron chi connectivity index (χ3n) is 4.80. The fraction of sp³-hybridized carbons (Fsp3) is 0.300. The predicted molar refractivity (Wildman–Crippen MR) is 99.3 cm³/mol. The molecule has 1 aromatic heterocycles. The zero-order chi connectivity index (χ0) is 17.8. The minimum absolute atomic E-state index is 0.594. The van der Waals surface area contributed by atoms with Crippen LogP contribution in [-0.2, 0) is 6.54 Å². The summed E-state index contributed by atoms with van der Waals surface area (Å²) in [5.74, 6) is 2.19. The number of quaternary nitrogens is 1. The Hall–Kier alpha value is -2.86. The molecule has 0 unspecified atom stereocenters. The number of ether oxygens (including phenoxy) is 1. The summed E-state index contributed by atoms with van der Waals surface area (Å²) in [5.41, 5.74) is 2.21. The summed E-state index contributed by atoms with van der Waals surface area (Å²) in [4.78, 5) is 3.88. The minimum atomic E-state index is 0.594. The van der Waals surface area contributed by atoms with Crippen LogP contribution >= 0.6 is 0 Å². The maximum atomic E-state index is 5.84. The van der Waals surface area contributed by atoms with E-state index in [0.717, 1.165) is 44.0 Å². The first kappa shape index (κ1) is 16.6. The van der Waals surface area contributed by atoms with Crippen molar-refractivity contribution in [1.82, 2.24) is 10.2 Å². The van der Waals surface area contributed by atoms with Crippen molar-refractivity contribution in [1.29, 1.82) is 0 Å². The van der Waals surface area contributed by atoms with Crippen LogP contribution in [0.4, 0.5) is 5.69 Å². The van der Waals surface area contributed by atoms with Gasteiger partial charge in [-0.25, -0.2) is 0 Å². The highest BCUT2D eigenvalue weighted by molar-refractivity contribution is 5.51. The largest absolute Gasteiger partial charge is 0.497 e. The molecule has 1 aliphatic rings. The van der Waals surface area contributed by atoms with E-state index in [4.69, 9.17) is 9.15 Å². The summed E-state index contributed by atoms with van der Waals surface area (Å²) in [5, 5.41) is 8.40. The summed E-state index contributed by atoms with van der Waals surface area (Å²) in [6.07, 6.45) is 0. The van der Waals surface area contributed by atoms with Crippen LogP contribution in [0.3, 0.4) is 0 Å². The van der Waals surface area contributed by atoms with Gasteiger partial charge in [-0.05, 0) is 36.4 Å². The molecule has 6 heteroatoms. The van der Waals surface area contributed by atoms with E-state index in [0.29, 0.717) is 11.8 Å². The molecule has 1 saturated heterocycles. The number of piperazine rings is 1. The smallest absolute Gasteiger partial charge is 0.271 e. The molecule has 26 heavy (non-hydrogen) atoms. The van der Waals surface area contributed by atoms with Gasteiger partial charge in [0.15, 0.2) is 6.54 Å². The molecule has 2 heterocycles. The summed E-state index contributed by atoms with van der Waals surface area (Å²) < 4.78 is 11.1. The first-order valence-electron chi connectivity index (χ1n) is 8.92. The van der Waals surface area contributed by atoms with Crippen LogP contribution in [0.2, 0.25) is 0 Å². The molecule has 0 atom stereocenters. The van der Waals surface area contributed by atoms with Gasteiger partial charge in [0, 0.05) is 11.3 Å². The van der Waals surface area contributed by atoms with E-state index in [1.54, 1.807) is 7.11 Å². The molecule has 1 aliphatic heterocycles. The Kier molecular flexibility index (Phi) is 4.84. The van der Waals surface area contributed by atoms with E-state index < -0.39 is 0 Å². The summed E-state index contributed by atoms with van der Waals surface area (Å²) in [6, 6.07) is 18.2. The van der Waals surface area contributed by atoms with Crippen LogP contribution in [0.25, 0.3) is 11.5 Å². The van der Waals surface area contributed by atoms with Crippen molar-refractivity contribution in [2.24, 2.45) is 0 Å². The molecular formula is C20H23N4O2+. The van der Waals surface area contributed by atoms with E-state index in [2.05, 4.69) is 27.2 Å². The molecule has 1 N–H and O–H groups in total. The van der Waals surface area contributed by atoms with Crippen LogP contribution < -0.4 is 14.5 Å². The van der Waals surface area contributed by atoms with Gasteiger partial charge in [0.1, 0.15) is 5.75 Å². The zero-order valence-corrected chi connectivity index (χ0v) is 14.9. The van der Waals surface area contributed by atoms with Gasteiger partial charge in [-0.15, -0.1) is 10.2 Å². The molecule has 4 rings (SSSR count). The number of anilines is 1. The van der Waals surface area contributed by atoms with Gasteiger partial charge < -0.3 is 19.0 Å². The van der Waals surface area contributed by atoms with Crippen molar-refractivity contribution in [3.63, 3.8) is 0 Å². The van der Waals surface area contributed by atoms with Crippen molar-refractivity contribution < 1.29 is 14.1 Å². The Morgan fingerprint density at radius 1 is 1.00 bits per heavy atom. The molecule has 0 saturated carbocycles. The quantitative estimate of drug-likeness (QED) is 0.758. The van der Waals surface area contributed by atoms with Crippen molar-refractivity contribution in [2.45, 2.75) is 6.54 Å². The Morgan fingerprint density at radius 3 is 2.42 bits per heavy atom. The second kappa shape index (κ2) is 7.58. The van der Waals surface area contributed by atoms with Gasteiger partial charge in [-0.1, -0.05) is 18.2 Å². The lowest BCUT2D eigenvalue weighted by molar-refractivity contribution is -0.915. The van der Waals surface area contributed by atoms with Crippen LogP contribution in [0.15, 0.2) is 59.0 Å². The van der Waals surface area contributed by atoms with Crippen molar-refractivity contribution in [3.05, 3.63) is 60.5 Å². The Morgan fingerprint density at radius 2 is 1.73 bits per heavy atom. The molecule has 0 radical (unpaired) electrons. The van der Waals surface area contributed by atoms with E-state index in [1.165, 1.54) is 10.6 Å². The highest BCUT2D eigenvalue weighted by Crippen LogP contribution is 2.19. The van der Waals surface area contributed by atoms with Crippen molar-refractivity contribution >= 4 is 5.69 Å². The third kappa shape index (κ3) is 3.70. The highest BCUT2D eigenvalue weighted by Gasteiger charge is 2.22. The van der Waals surface area contributed by atoms with E-state index >= 15 is 0 Å². The average Bonchev–Trinajstić information content (AvgIpc) is 3.18. The van der Waals surface area contributed by atoms with E-state index in [1.807, 2.05) is 42.5 Å². The fourth-order valence-corrected chi connectivity index (χ4v) is 3.29. The standard InChI is InChI=1S/C20H22N4O2/c1-25-18-9-7-17(8-10-18)24-13-11-23(12-14-24)15-19-21-22-20(26-19)16-5-3-2-4-6-16/h2-10H,11-15H2,1H3/p+1. The Balaban J connectivity index is 1.33. The predicted octanol–water partition coefficient (Wildman–Crippen LogP) is 1.65. The molecule has 0 amide bonds. The van der Waals surface area contributed by atoms with Crippen LogP contribution in [0.5, 0.6) is 5.75 Å². The molecule has 0 aliphatic carbocycles. The summed E-state index contributed by atoms with van der Waals surface area (Å²) in [6.45, 7) is 4.91. The van der Waals surface area contributed by atoms with Crippen molar-refractivity contribution in [2.75, 3.05) is 38.2 Å². The second-order valence-corrected chi connectivity index (χ2v) is 6.48. The van der Waals surface area contributed by atoms with Gasteiger partial charge in [0.05, 0.1) is 33.3 Å². The number of aromatic nitrogens is 2. The lowest BCUT2D eigenvalue weighted by atomic mass is 10.2. The van der Waals surface area contributed by atoms with Crippen molar-refractivity contribution in [3.8, 4) is 17.2 Å². The lowest BCUT2D eigenvalue weighted by Gasteiger charge is -2.33. The monoisotopic (exact) mass is 351 g/mol. The normalized spacial score (nSPS) is 15.2. The van der Waals surface area contributed by atoms with Gasteiger partial charge in [-0.3, -0.25) is 0 Å². The molecule has 134 valence electrons. The number of nitrogens with zero attached hydrogens (tertiary/aromatic N) is 3. The molecular weight excluding hydrogens is 328 g/mol. The Labute approximate surface area is 153 Å². The zero-order valence-electron chi connectivity index (χ0n) is 14.9. The minimum Gasteiger partial charge on any atom is -0.497 e. The average molecular weight is 351 g/mol. The molecule has 0 spiro atoms. The summed E-state index contributed by atoms with van der Waals surface area (Å²) >= 11 is 0. The van der Waals surface area contributed by atoms with Gasteiger partial charge >= 0.3 is 0 Å².